The Kier molecular flexibility index (Phi) is 11.9. The summed E-state index contributed by atoms with van der Waals surface area (Å²) >= 11 is 1.80. The molecule has 0 bridgehead atoms. The first-order valence-electron chi connectivity index (χ1n) is 35.7. The van der Waals surface area contributed by atoms with Crippen LogP contribution in [0.5, 0.6) is 0 Å². The second-order valence-corrected chi connectivity index (χ2v) is 29.2. The van der Waals surface area contributed by atoms with E-state index in [1.165, 1.54) is 101 Å². The van der Waals surface area contributed by atoms with Crippen molar-refractivity contribution in [3.63, 3.8) is 0 Å². The van der Waals surface area contributed by atoms with Crippen LogP contribution in [0.4, 0.5) is 0 Å². The van der Waals surface area contributed by atoms with Gasteiger partial charge in [-0.15, -0.1) is 11.3 Å². The molecule has 4 aliphatic rings. The van der Waals surface area contributed by atoms with Gasteiger partial charge in [0, 0.05) is 55.9 Å². The topological polar surface area (TPSA) is 86.2 Å². The first kappa shape index (κ1) is 58.2. The molecule has 0 unspecified atom stereocenters. The van der Waals surface area contributed by atoms with Crippen molar-refractivity contribution in [1.82, 2.24) is 9.97 Å². The fourth-order valence-electron chi connectivity index (χ4n) is 19.2. The maximum absolute atomic E-state index is 13.0. The van der Waals surface area contributed by atoms with Gasteiger partial charge in [-0.3, -0.25) is 0 Å². The highest BCUT2D eigenvalue weighted by Crippen LogP contribution is 2.67. The van der Waals surface area contributed by atoms with Crippen molar-refractivity contribution in [3.05, 3.63) is 393 Å². The van der Waals surface area contributed by atoms with Crippen LogP contribution in [0.1, 0.15) is 44.5 Å². The van der Waals surface area contributed by atoms with Gasteiger partial charge in [-0.05, 0) is 157 Å². The zero-order chi connectivity index (χ0) is 69.0. The van der Waals surface area contributed by atoms with E-state index in [-0.39, 0.29) is 0 Å². The Balaban J connectivity index is 0.852. The van der Waals surface area contributed by atoms with Gasteiger partial charge in [0.15, 0.2) is 0 Å². The predicted molar refractivity (Wildman–Crippen MR) is 427 cm³/mol. The molecule has 0 amide bonds. The van der Waals surface area contributed by atoms with Gasteiger partial charge in [0.05, 0.1) is 31.6 Å². The van der Waals surface area contributed by atoms with Crippen molar-refractivity contribution < 1.29 is 8.83 Å². The fraction of sp³-hybridized carbons (Fsp3) is 0.0204. The summed E-state index contributed by atoms with van der Waals surface area (Å²) in [6.07, 6.45) is 0. The number of hydrogen-bond acceptors (Lipinski definition) is 7. The Bertz CT molecular complexity index is 6730. The minimum atomic E-state index is -0.591. The number of nitrogens with zero attached hydrogens (tertiary/aromatic N) is 2. The highest BCUT2D eigenvalue weighted by Gasteiger charge is 2.54. The van der Waals surface area contributed by atoms with Crippen LogP contribution in [-0.2, 0) is 10.8 Å². The van der Waals surface area contributed by atoms with Crippen molar-refractivity contribution in [2.45, 2.75) is 10.8 Å². The maximum Gasteiger partial charge on any atom is 0.336 e. The van der Waals surface area contributed by atoms with Gasteiger partial charge >= 0.3 is 11.3 Å². The van der Waals surface area contributed by atoms with Gasteiger partial charge in [0.25, 0.3) is 0 Å². The van der Waals surface area contributed by atoms with E-state index in [0.717, 1.165) is 120 Å². The lowest BCUT2D eigenvalue weighted by molar-refractivity contribution is 0.561. The number of aromatic nitrogens is 2. The lowest BCUT2D eigenvalue weighted by atomic mass is 9.70. The molecule has 0 aliphatic heterocycles. The number of fused-ring (bicyclic) bond motifs is 29. The molecule has 7 heteroatoms. The Hall–Kier alpha value is -13.5. The summed E-state index contributed by atoms with van der Waals surface area (Å²) in [4.78, 5) is 40.8. The van der Waals surface area contributed by atoms with Gasteiger partial charge in [0.2, 0.25) is 0 Å². The number of para-hydroxylation sites is 2. The standard InChI is InChI=1S/C98H54N2O4S/c101-85-51-47-55-21-17-33-69(93(55)103-85)61-25-3-1-23-59(61)57-45-49-63-64-50-46-58(60-24-2-4-26-62(60)70-34-18-22-56-48-52-86(102)104-94(56)70)54-76(64)90-89(75(63)53-57)99-91-92(100-90)96(74-36-20-44-84-88(74)72-32-10-16-42-82(72)98(84)79-39-13-7-29-67(79)68-30-8-14-40-80(68)98)105-95(91)73-35-19-43-83-87(73)71-31-9-15-41-81(71)97(83)77-37-11-5-27-65(77)66-28-6-12-38-78(66)97/h1-54H. The maximum atomic E-state index is 13.0. The summed E-state index contributed by atoms with van der Waals surface area (Å²) in [5.74, 6) is 0. The van der Waals surface area contributed by atoms with E-state index in [4.69, 9.17) is 18.8 Å². The van der Waals surface area contributed by atoms with E-state index in [0.29, 0.717) is 11.2 Å². The smallest absolute Gasteiger partial charge is 0.336 e. The molecule has 4 aromatic heterocycles. The SMILES string of the molecule is O=c1ccc2cccc(-c3ccccc3-c3ccc4c5ccc(-c6ccccc6-c6cccc7ccc(=O)oc67)cc5c5nc6c(-c7cccc8c7-c7ccccc7C87c8ccccc8-c8ccccc87)sc(-c7cccc8c7-c7ccccc7C87c8ccccc8-c8ccccc87)c6nc5c4c3)c2o1. The second-order valence-electron chi connectivity index (χ2n) is 28.2. The molecule has 4 heterocycles. The molecule has 6 nitrogen and oxygen atoms in total. The predicted octanol–water partition coefficient (Wildman–Crippen LogP) is 24.1. The Morgan fingerprint density at radius 1 is 0.238 bits per heavy atom. The molecule has 0 atom stereocenters. The summed E-state index contributed by atoms with van der Waals surface area (Å²) < 4.78 is 12.1. The Morgan fingerprint density at radius 2 is 0.543 bits per heavy atom. The number of rotatable bonds is 6. The third kappa shape index (κ3) is 7.75. The third-order valence-electron chi connectivity index (χ3n) is 23.3. The summed E-state index contributed by atoms with van der Waals surface area (Å²) in [5, 5.41) is 5.61. The quantitative estimate of drug-likeness (QED) is 0.122. The van der Waals surface area contributed by atoms with E-state index < -0.39 is 22.1 Å². The summed E-state index contributed by atoms with van der Waals surface area (Å²) in [6, 6.07) is 117. The van der Waals surface area contributed by atoms with Crippen molar-refractivity contribution in [3.8, 4) is 110 Å². The summed E-state index contributed by atoms with van der Waals surface area (Å²) in [5.41, 5.74) is 31.8. The van der Waals surface area contributed by atoms with Gasteiger partial charge < -0.3 is 8.83 Å². The van der Waals surface area contributed by atoms with E-state index in [2.05, 4.69) is 255 Å². The van der Waals surface area contributed by atoms with Crippen LogP contribution in [0.3, 0.4) is 0 Å². The zero-order valence-electron chi connectivity index (χ0n) is 56.1. The number of thiophene rings is 1. The molecule has 0 radical (unpaired) electrons. The molecule has 4 aliphatic carbocycles. The van der Waals surface area contributed by atoms with Crippen molar-refractivity contribution in [1.29, 1.82) is 0 Å². The first-order valence-corrected chi connectivity index (χ1v) is 36.5. The molecular formula is C98H54N2O4S. The van der Waals surface area contributed by atoms with Crippen LogP contribution in [0.25, 0.3) is 175 Å². The van der Waals surface area contributed by atoms with Crippen LogP contribution in [0.15, 0.2) is 346 Å². The van der Waals surface area contributed by atoms with Crippen LogP contribution in [-0.4, -0.2) is 9.97 Å². The lowest BCUT2D eigenvalue weighted by Crippen LogP contribution is -2.25. The second kappa shape index (κ2) is 21.5. The normalized spacial score (nSPS) is 13.6. The monoisotopic (exact) mass is 1350 g/mol. The number of hydrogen-bond donors (Lipinski definition) is 0. The Morgan fingerprint density at radius 3 is 0.933 bits per heavy atom. The lowest BCUT2D eigenvalue weighted by Gasteiger charge is -2.30. The van der Waals surface area contributed by atoms with Crippen LogP contribution in [0.2, 0.25) is 0 Å². The molecule has 2 spiro atoms. The Labute approximate surface area is 605 Å². The largest absolute Gasteiger partial charge is 0.422 e. The summed E-state index contributed by atoms with van der Waals surface area (Å²) in [6.45, 7) is 0. The van der Waals surface area contributed by atoms with Gasteiger partial charge in [0.1, 0.15) is 22.2 Å². The van der Waals surface area contributed by atoms with Gasteiger partial charge in [-0.1, -0.05) is 291 Å². The number of benzene rings is 15. The van der Waals surface area contributed by atoms with Gasteiger partial charge in [-0.2, -0.15) is 0 Å². The molecule has 15 aromatic carbocycles. The fourth-order valence-corrected chi connectivity index (χ4v) is 20.4. The molecular weight excluding hydrogens is 1300 g/mol. The average Bonchev–Trinajstić information content (AvgIpc) is 1.51. The highest BCUT2D eigenvalue weighted by molar-refractivity contribution is 7.21. The molecule has 486 valence electrons. The zero-order valence-corrected chi connectivity index (χ0v) is 56.9. The molecule has 0 fully saturated rings. The van der Waals surface area contributed by atoms with E-state index >= 15 is 0 Å². The molecule has 19 aromatic rings. The van der Waals surface area contributed by atoms with Crippen LogP contribution in [0, 0.1) is 0 Å². The minimum absolute atomic E-state index is 0.403. The van der Waals surface area contributed by atoms with Crippen LogP contribution < -0.4 is 11.3 Å². The molecule has 105 heavy (non-hydrogen) atoms. The molecule has 0 saturated carbocycles. The van der Waals surface area contributed by atoms with Crippen molar-refractivity contribution in [2.75, 3.05) is 0 Å². The van der Waals surface area contributed by atoms with E-state index in [1.54, 1.807) is 11.3 Å². The molecule has 23 rings (SSSR count). The minimum Gasteiger partial charge on any atom is -0.422 e. The average molecular weight is 1360 g/mol. The van der Waals surface area contributed by atoms with E-state index in [1.807, 2.05) is 60.7 Å². The van der Waals surface area contributed by atoms with Gasteiger partial charge in [-0.25, -0.2) is 19.6 Å². The molecule has 0 N–H and O–H groups in total. The molecule has 0 saturated heterocycles. The first-order chi connectivity index (χ1) is 51.9. The highest BCUT2D eigenvalue weighted by atomic mass is 32.1. The third-order valence-corrected chi connectivity index (χ3v) is 24.5. The van der Waals surface area contributed by atoms with Crippen molar-refractivity contribution >= 4 is 76.9 Å². The van der Waals surface area contributed by atoms with E-state index in [9.17, 15) is 9.59 Å². The van der Waals surface area contributed by atoms with Crippen molar-refractivity contribution in [2.24, 2.45) is 0 Å². The summed E-state index contributed by atoms with van der Waals surface area (Å²) in [7, 11) is 0. The van der Waals surface area contributed by atoms with Crippen LogP contribution >= 0.6 is 11.3 Å².